The first kappa shape index (κ1) is 16.0. The van der Waals surface area contributed by atoms with Gasteiger partial charge in [0.25, 0.3) is 5.56 Å². The Bertz CT molecular complexity index is 565. The summed E-state index contributed by atoms with van der Waals surface area (Å²) in [7, 11) is 1.54. The lowest BCUT2D eigenvalue weighted by Crippen LogP contribution is -2.34. The first-order valence-corrected chi connectivity index (χ1v) is 6.16. The van der Waals surface area contributed by atoms with Crippen molar-refractivity contribution in [2.75, 3.05) is 32.1 Å². The monoisotopic (exact) mass is 298 g/mol. The van der Waals surface area contributed by atoms with Gasteiger partial charge >= 0.3 is 0 Å². The lowest BCUT2D eigenvalue weighted by molar-refractivity contribution is -0.119. The molecule has 0 bridgehead atoms. The predicted octanol–water partition coefficient (Wildman–Crippen LogP) is -0.296. The molecule has 0 saturated heterocycles. The first-order chi connectivity index (χ1) is 9.60. The number of ether oxygens (including phenoxy) is 1. The zero-order valence-corrected chi connectivity index (χ0v) is 11.7. The van der Waals surface area contributed by atoms with Crippen LogP contribution in [0.15, 0.2) is 11.0 Å². The van der Waals surface area contributed by atoms with E-state index in [1.165, 1.54) is 13.3 Å². The van der Waals surface area contributed by atoms with Crippen LogP contribution >= 0.6 is 11.6 Å². The van der Waals surface area contributed by atoms with Crippen LogP contribution in [-0.4, -0.2) is 42.5 Å². The minimum absolute atomic E-state index is 0.0325. The summed E-state index contributed by atoms with van der Waals surface area (Å²) in [5.74, 6) is 2.03. The largest absolute Gasteiger partial charge is 0.383 e. The third kappa shape index (κ3) is 4.57. The molecule has 1 aromatic heterocycles. The summed E-state index contributed by atoms with van der Waals surface area (Å²) in [6.07, 6.45) is 6.43. The van der Waals surface area contributed by atoms with Crippen LogP contribution in [0.2, 0.25) is 5.02 Å². The molecule has 0 atom stereocenters. The molecule has 0 aromatic carbocycles. The Morgan fingerprint density at radius 1 is 1.65 bits per heavy atom. The second-order valence-corrected chi connectivity index (χ2v) is 4.14. The van der Waals surface area contributed by atoms with Gasteiger partial charge in [0, 0.05) is 13.7 Å². The molecule has 0 saturated carbocycles. The number of hydrogen-bond acceptors (Lipinski definition) is 5. The summed E-state index contributed by atoms with van der Waals surface area (Å²) in [5, 5.41) is 9.21. The van der Waals surface area contributed by atoms with Crippen molar-refractivity contribution in [1.82, 2.24) is 15.1 Å². The molecule has 0 aliphatic carbocycles. The number of carbonyl (C=O) groups is 1. The van der Waals surface area contributed by atoms with Gasteiger partial charge in [-0.3, -0.25) is 9.59 Å². The summed E-state index contributed by atoms with van der Waals surface area (Å²) in [5.41, 5.74) is -0.376. The van der Waals surface area contributed by atoms with Crippen molar-refractivity contribution < 1.29 is 9.53 Å². The zero-order chi connectivity index (χ0) is 15.0. The van der Waals surface area contributed by atoms with E-state index in [0.29, 0.717) is 13.2 Å². The SMILES string of the molecule is C#CCn1ncc(Cl)c(NCC(=O)NCCOC)c1=O. The first-order valence-electron chi connectivity index (χ1n) is 5.78. The molecule has 1 rings (SSSR count). The number of nitrogens with zero attached hydrogens (tertiary/aromatic N) is 2. The summed E-state index contributed by atoms with van der Waals surface area (Å²) in [6, 6.07) is 0. The van der Waals surface area contributed by atoms with Crippen LogP contribution in [0.3, 0.4) is 0 Å². The molecule has 108 valence electrons. The van der Waals surface area contributed by atoms with E-state index in [-0.39, 0.29) is 29.7 Å². The van der Waals surface area contributed by atoms with Crippen molar-refractivity contribution in [1.29, 1.82) is 0 Å². The number of methoxy groups -OCH3 is 1. The van der Waals surface area contributed by atoms with Crippen molar-refractivity contribution in [2.24, 2.45) is 0 Å². The highest BCUT2D eigenvalue weighted by molar-refractivity contribution is 6.33. The lowest BCUT2D eigenvalue weighted by atomic mass is 10.4. The van der Waals surface area contributed by atoms with E-state index in [1.807, 2.05) is 0 Å². The van der Waals surface area contributed by atoms with Gasteiger partial charge in [-0.1, -0.05) is 17.5 Å². The van der Waals surface area contributed by atoms with Crippen molar-refractivity contribution in [3.63, 3.8) is 0 Å². The number of nitrogens with one attached hydrogen (secondary N) is 2. The maximum atomic E-state index is 12.0. The third-order valence-corrected chi connectivity index (χ3v) is 2.58. The maximum Gasteiger partial charge on any atom is 0.292 e. The van der Waals surface area contributed by atoms with Crippen molar-refractivity contribution >= 4 is 23.2 Å². The number of rotatable bonds is 7. The van der Waals surface area contributed by atoms with Crippen LogP contribution in [0.5, 0.6) is 0 Å². The molecule has 8 heteroatoms. The van der Waals surface area contributed by atoms with Gasteiger partial charge in [0.05, 0.1) is 24.4 Å². The average molecular weight is 299 g/mol. The smallest absolute Gasteiger partial charge is 0.292 e. The van der Waals surface area contributed by atoms with Gasteiger partial charge in [0.1, 0.15) is 12.2 Å². The summed E-state index contributed by atoms with van der Waals surface area (Å²) < 4.78 is 5.88. The average Bonchev–Trinajstić information content (AvgIpc) is 2.42. The number of amides is 1. The second kappa shape index (κ2) is 8.19. The van der Waals surface area contributed by atoms with E-state index >= 15 is 0 Å². The molecular formula is C12H15ClN4O3. The number of terminal acetylenes is 1. The van der Waals surface area contributed by atoms with Gasteiger partial charge in [-0.2, -0.15) is 5.10 Å². The lowest BCUT2D eigenvalue weighted by Gasteiger charge is -2.09. The molecule has 0 unspecified atom stereocenters. The van der Waals surface area contributed by atoms with E-state index < -0.39 is 5.56 Å². The van der Waals surface area contributed by atoms with Crippen molar-refractivity contribution in [2.45, 2.75) is 6.54 Å². The Kier molecular flexibility index (Phi) is 6.56. The van der Waals surface area contributed by atoms with Crippen LogP contribution in [0.4, 0.5) is 5.69 Å². The highest BCUT2D eigenvalue weighted by Crippen LogP contribution is 2.14. The molecule has 0 aliphatic rings. The van der Waals surface area contributed by atoms with Crippen molar-refractivity contribution in [3.8, 4) is 12.3 Å². The summed E-state index contributed by atoms with van der Waals surface area (Å²) in [4.78, 5) is 23.5. The zero-order valence-electron chi connectivity index (χ0n) is 11.0. The molecule has 7 nitrogen and oxygen atoms in total. The molecule has 1 amide bonds. The van der Waals surface area contributed by atoms with Crippen LogP contribution in [0.1, 0.15) is 0 Å². The van der Waals surface area contributed by atoms with Crippen LogP contribution in [0.25, 0.3) is 0 Å². The van der Waals surface area contributed by atoms with E-state index in [1.54, 1.807) is 0 Å². The number of aromatic nitrogens is 2. The Balaban J connectivity index is 2.68. The van der Waals surface area contributed by atoms with Gasteiger partial charge < -0.3 is 15.4 Å². The Hall–Kier alpha value is -2.04. The quantitative estimate of drug-likeness (QED) is 0.533. The molecule has 2 N–H and O–H groups in total. The van der Waals surface area contributed by atoms with Gasteiger partial charge in [-0.25, -0.2) is 4.68 Å². The minimum Gasteiger partial charge on any atom is -0.383 e. The minimum atomic E-state index is -0.472. The molecule has 1 heterocycles. The van der Waals surface area contributed by atoms with E-state index in [4.69, 9.17) is 22.8 Å². The maximum absolute atomic E-state index is 12.0. The number of hydrogen-bond donors (Lipinski definition) is 2. The molecule has 0 aliphatic heterocycles. The Morgan fingerprint density at radius 2 is 2.40 bits per heavy atom. The highest BCUT2D eigenvalue weighted by atomic mass is 35.5. The fourth-order valence-electron chi connectivity index (χ4n) is 1.35. The second-order valence-electron chi connectivity index (χ2n) is 3.73. The van der Waals surface area contributed by atoms with Crippen LogP contribution < -0.4 is 16.2 Å². The highest BCUT2D eigenvalue weighted by Gasteiger charge is 2.10. The Morgan fingerprint density at radius 3 is 3.05 bits per heavy atom. The summed E-state index contributed by atoms with van der Waals surface area (Å²) >= 11 is 5.87. The normalized spacial score (nSPS) is 9.85. The molecular weight excluding hydrogens is 284 g/mol. The van der Waals surface area contributed by atoms with Gasteiger partial charge in [-0.05, 0) is 0 Å². The van der Waals surface area contributed by atoms with Gasteiger partial charge in [0.15, 0.2) is 0 Å². The van der Waals surface area contributed by atoms with Crippen LogP contribution in [-0.2, 0) is 16.1 Å². The standard InChI is InChI=1S/C12H15ClN4O3/c1-3-5-17-12(19)11(9(13)7-16-17)15-8-10(18)14-4-6-20-2/h1,7,15H,4-6,8H2,2H3,(H,14,18). The summed E-state index contributed by atoms with van der Waals surface area (Å²) in [6.45, 7) is 0.753. The van der Waals surface area contributed by atoms with Crippen LogP contribution in [0, 0.1) is 12.3 Å². The van der Waals surface area contributed by atoms with Gasteiger partial charge in [-0.15, -0.1) is 6.42 Å². The fraction of sp³-hybridized carbons (Fsp3) is 0.417. The molecule has 1 aromatic rings. The molecule has 0 radical (unpaired) electrons. The molecule has 0 fully saturated rings. The number of halogens is 1. The van der Waals surface area contributed by atoms with E-state index in [2.05, 4.69) is 21.7 Å². The molecule has 20 heavy (non-hydrogen) atoms. The van der Waals surface area contributed by atoms with Gasteiger partial charge in [0.2, 0.25) is 5.91 Å². The number of anilines is 1. The Labute approximate surface area is 121 Å². The number of carbonyl (C=O) groups excluding carboxylic acids is 1. The van der Waals surface area contributed by atoms with Crippen molar-refractivity contribution in [3.05, 3.63) is 21.6 Å². The fourth-order valence-corrected chi connectivity index (χ4v) is 1.54. The van der Waals surface area contributed by atoms with E-state index in [9.17, 15) is 9.59 Å². The molecule has 0 spiro atoms. The predicted molar refractivity (Wildman–Crippen MR) is 75.7 cm³/mol. The topological polar surface area (TPSA) is 85.2 Å². The van der Waals surface area contributed by atoms with E-state index in [0.717, 1.165) is 4.68 Å². The third-order valence-electron chi connectivity index (χ3n) is 2.29.